The van der Waals surface area contributed by atoms with Gasteiger partial charge in [-0.3, -0.25) is 4.79 Å². The molecule has 0 bridgehead atoms. The molecule has 3 fully saturated rings. The first-order valence-electron chi connectivity index (χ1n) is 13.0. The Morgan fingerprint density at radius 1 is 1.17 bits per heavy atom. The van der Waals surface area contributed by atoms with Crippen molar-refractivity contribution in [3.63, 3.8) is 0 Å². The van der Waals surface area contributed by atoms with Crippen molar-refractivity contribution >= 4 is 19.9 Å². The Morgan fingerprint density at radius 2 is 1.89 bits per heavy atom. The monoisotopic (exact) mass is 516 g/mol. The molecular formula is C28H40O7Si. The average molecular weight is 517 g/mol. The molecule has 1 aliphatic heterocycles. The highest BCUT2D eigenvalue weighted by Crippen LogP contribution is 2.57. The van der Waals surface area contributed by atoms with Crippen molar-refractivity contribution in [3.8, 4) is 5.75 Å². The topological polar surface area (TPSA) is 83.5 Å². The van der Waals surface area contributed by atoms with Crippen molar-refractivity contribution in [1.82, 2.24) is 0 Å². The molecule has 1 heterocycles. The van der Waals surface area contributed by atoms with Crippen LogP contribution in [0.4, 0.5) is 0 Å². The van der Waals surface area contributed by atoms with Gasteiger partial charge in [0, 0.05) is 18.6 Å². The number of aliphatic hydroxyl groups is 1. The van der Waals surface area contributed by atoms with E-state index >= 15 is 0 Å². The molecule has 5 rings (SSSR count). The fourth-order valence-electron chi connectivity index (χ4n) is 7.18. The van der Waals surface area contributed by atoms with Gasteiger partial charge in [-0.05, 0) is 83.1 Å². The molecule has 7 nitrogen and oxygen atoms in total. The normalized spacial score (nSPS) is 36.0. The van der Waals surface area contributed by atoms with Crippen LogP contribution in [0.1, 0.15) is 44.7 Å². The van der Waals surface area contributed by atoms with Gasteiger partial charge in [-0.2, -0.15) is 0 Å². The number of allylic oxidation sites excluding steroid dienone is 1. The van der Waals surface area contributed by atoms with E-state index in [0.717, 1.165) is 12.0 Å². The zero-order valence-corrected chi connectivity index (χ0v) is 23.7. The minimum Gasteiger partial charge on any atom is -0.507 e. The van der Waals surface area contributed by atoms with Gasteiger partial charge in [0.15, 0.2) is 19.9 Å². The van der Waals surface area contributed by atoms with Gasteiger partial charge in [-0.15, -0.1) is 0 Å². The van der Waals surface area contributed by atoms with Crippen LogP contribution in [0.15, 0.2) is 23.8 Å². The van der Waals surface area contributed by atoms with Gasteiger partial charge in [0.05, 0.1) is 24.9 Å². The van der Waals surface area contributed by atoms with Gasteiger partial charge in [-0.25, -0.2) is 0 Å². The van der Waals surface area contributed by atoms with E-state index in [-0.39, 0.29) is 47.6 Å². The zero-order valence-electron chi connectivity index (χ0n) is 22.7. The Kier molecular flexibility index (Phi) is 6.24. The first kappa shape index (κ1) is 25.9. The lowest BCUT2D eigenvalue weighted by atomic mass is 9.56. The molecule has 0 radical (unpaired) electrons. The Balaban J connectivity index is 1.63. The van der Waals surface area contributed by atoms with Crippen molar-refractivity contribution in [2.45, 2.75) is 89.4 Å². The Labute approximate surface area is 215 Å². The molecule has 1 N–H and O–H groups in total. The Morgan fingerprint density at radius 3 is 2.53 bits per heavy atom. The summed E-state index contributed by atoms with van der Waals surface area (Å²) in [5, 5.41) is 11.4. The molecule has 198 valence electrons. The van der Waals surface area contributed by atoms with E-state index in [1.165, 1.54) is 0 Å². The highest BCUT2D eigenvalue weighted by Gasteiger charge is 2.66. The second-order valence-corrected chi connectivity index (χ2v) is 16.7. The molecule has 0 amide bonds. The third-order valence-corrected chi connectivity index (χ3v) is 9.48. The van der Waals surface area contributed by atoms with E-state index in [4.69, 9.17) is 23.4 Å². The largest absolute Gasteiger partial charge is 0.507 e. The SMILES string of the molecule is COc1cccc2c1C(O)=C1C(=O)[C@H]3C[C@@](O[Si](C)(C)C)([C@@H](C)OC)[C@@H]4OC(C)(C)O[C@@H]4[C@@H]3CC1C2. The lowest BCUT2D eigenvalue weighted by Crippen LogP contribution is -2.68. The molecule has 4 aliphatic rings. The van der Waals surface area contributed by atoms with E-state index in [1.54, 1.807) is 14.2 Å². The Bertz CT molecular complexity index is 1090. The van der Waals surface area contributed by atoms with E-state index in [1.807, 2.05) is 39.0 Å². The smallest absolute Gasteiger partial charge is 0.184 e. The molecule has 1 unspecified atom stereocenters. The molecule has 3 aliphatic carbocycles. The number of carbonyl (C=O) groups excluding carboxylic acids is 1. The molecule has 1 aromatic carbocycles. The number of rotatable bonds is 5. The number of hydrogen-bond acceptors (Lipinski definition) is 7. The number of methoxy groups -OCH3 is 2. The van der Waals surface area contributed by atoms with Gasteiger partial charge in [0.2, 0.25) is 0 Å². The number of hydrogen-bond donors (Lipinski definition) is 1. The predicted molar refractivity (Wildman–Crippen MR) is 138 cm³/mol. The maximum Gasteiger partial charge on any atom is 0.184 e. The van der Waals surface area contributed by atoms with Crippen LogP contribution in [-0.4, -0.2) is 63.1 Å². The fraction of sp³-hybridized carbons (Fsp3) is 0.679. The van der Waals surface area contributed by atoms with Gasteiger partial charge < -0.3 is 28.5 Å². The molecule has 7 atom stereocenters. The number of benzene rings is 1. The van der Waals surface area contributed by atoms with Crippen molar-refractivity contribution in [3.05, 3.63) is 34.9 Å². The quantitative estimate of drug-likeness (QED) is 0.558. The van der Waals surface area contributed by atoms with Gasteiger partial charge >= 0.3 is 0 Å². The summed E-state index contributed by atoms with van der Waals surface area (Å²) >= 11 is 0. The number of ether oxygens (including phenoxy) is 4. The van der Waals surface area contributed by atoms with Gasteiger partial charge in [0.1, 0.15) is 23.2 Å². The average Bonchev–Trinajstić information content (AvgIpc) is 3.14. The van der Waals surface area contributed by atoms with Crippen LogP contribution < -0.4 is 4.74 Å². The zero-order chi connectivity index (χ0) is 26.2. The molecule has 2 saturated carbocycles. The van der Waals surface area contributed by atoms with Gasteiger partial charge in [-0.1, -0.05) is 12.1 Å². The summed E-state index contributed by atoms with van der Waals surface area (Å²) in [5.74, 6) is -0.610. The highest BCUT2D eigenvalue weighted by molar-refractivity contribution is 6.69. The number of Topliss-reactive ketones (excluding diaryl/α,β-unsaturated/α-hetero) is 1. The summed E-state index contributed by atoms with van der Waals surface area (Å²) in [6, 6.07) is 5.78. The van der Waals surface area contributed by atoms with Crippen LogP contribution in [0.25, 0.3) is 5.76 Å². The second-order valence-electron chi connectivity index (χ2n) is 12.3. The third kappa shape index (κ3) is 3.96. The van der Waals surface area contributed by atoms with Crippen LogP contribution in [0.2, 0.25) is 19.6 Å². The van der Waals surface area contributed by atoms with Gasteiger partial charge in [0.25, 0.3) is 0 Å². The first-order chi connectivity index (χ1) is 16.8. The highest BCUT2D eigenvalue weighted by atomic mass is 28.4. The number of ketones is 1. The van der Waals surface area contributed by atoms with Crippen LogP contribution in [0, 0.1) is 17.8 Å². The van der Waals surface area contributed by atoms with E-state index in [2.05, 4.69) is 19.6 Å². The minimum absolute atomic E-state index is 0.0103. The van der Waals surface area contributed by atoms with Crippen molar-refractivity contribution in [1.29, 1.82) is 0 Å². The second kappa shape index (κ2) is 8.66. The van der Waals surface area contributed by atoms with Crippen LogP contribution in [-0.2, 0) is 29.9 Å². The van der Waals surface area contributed by atoms with Crippen LogP contribution in [0.5, 0.6) is 5.75 Å². The Hall–Kier alpha value is -1.71. The number of carbonyl (C=O) groups is 1. The number of fused-ring (bicyclic) bond motifs is 5. The standard InChI is InChI=1S/C28H40O7Si/c1-15(31-4)28(35-36(6,7)8)14-19-18(25-26(28)34-27(2,3)33-25)13-17-12-16-10-9-11-20(32-5)21(16)24(30)22(17)23(19)29/h9-11,15,17-19,25-26,30H,12-14H2,1-8H3/t15-,17?,18-,19+,25-,26-,28-/m1/s1. The van der Waals surface area contributed by atoms with Crippen molar-refractivity contribution in [2.24, 2.45) is 17.8 Å². The maximum absolute atomic E-state index is 14.3. The molecular weight excluding hydrogens is 476 g/mol. The summed E-state index contributed by atoms with van der Waals surface area (Å²) in [6.45, 7) is 12.3. The minimum atomic E-state index is -2.09. The number of aliphatic hydroxyl groups excluding tert-OH is 1. The van der Waals surface area contributed by atoms with E-state index in [9.17, 15) is 9.90 Å². The fourth-order valence-corrected chi connectivity index (χ4v) is 8.69. The molecule has 0 spiro atoms. The van der Waals surface area contributed by atoms with Crippen LogP contribution >= 0.6 is 0 Å². The van der Waals surface area contributed by atoms with Crippen LogP contribution in [0.3, 0.4) is 0 Å². The summed E-state index contributed by atoms with van der Waals surface area (Å²) in [7, 11) is 1.18. The van der Waals surface area contributed by atoms with Crippen molar-refractivity contribution < 1.29 is 33.3 Å². The molecule has 0 aromatic heterocycles. The maximum atomic E-state index is 14.3. The molecule has 8 heteroatoms. The predicted octanol–water partition coefficient (Wildman–Crippen LogP) is 4.89. The summed E-state index contributed by atoms with van der Waals surface area (Å²) in [4.78, 5) is 14.3. The van der Waals surface area contributed by atoms with Crippen molar-refractivity contribution in [2.75, 3.05) is 14.2 Å². The van der Waals surface area contributed by atoms with E-state index < -0.39 is 19.7 Å². The van der Waals surface area contributed by atoms with E-state index in [0.29, 0.717) is 29.7 Å². The lowest BCUT2D eigenvalue weighted by molar-refractivity contribution is -0.201. The molecule has 1 aromatic rings. The molecule has 1 saturated heterocycles. The first-order valence-corrected chi connectivity index (χ1v) is 16.4. The third-order valence-electron chi connectivity index (χ3n) is 8.48. The lowest BCUT2D eigenvalue weighted by Gasteiger charge is -2.55. The summed E-state index contributed by atoms with van der Waals surface area (Å²) in [6.07, 6.45) is 0.949. The summed E-state index contributed by atoms with van der Waals surface area (Å²) in [5.41, 5.74) is 1.34. The molecule has 36 heavy (non-hydrogen) atoms. The summed E-state index contributed by atoms with van der Waals surface area (Å²) < 4.78 is 31.5.